The van der Waals surface area contributed by atoms with E-state index >= 15 is 0 Å². The second-order valence-corrected chi connectivity index (χ2v) is 9.49. The van der Waals surface area contributed by atoms with Gasteiger partial charge in [0.1, 0.15) is 5.82 Å². The van der Waals surface area contributed by atoms with Gasteiger partial charge < -0.3 is 10.6 Å². The van der Waals surface area contributed by atoms with E-state index in [1.807, 2.05) is 47.4 Å². The average molecular weight is 516 g/mol. The molecular weight excluding hydrogens is 483 g/mol. The molecule has 0 saturated carbocycles. The van der Waals surface area contributed by atoms with Gasteiger partial charge >= 0.3 is 6.03 Å². The molecule has 1 heterocycles. The number of nitrogens with one attached hydrogen (secondary N) is 1. The van der Waals surface area contributed by atoms with Gasteiger partial charge in [0.2, 0.25) is 11.8 Å². The van der Waals surface area contributed by atoms with Crippen molar-refractivity contribution in [2.75, 3.05) is 19.6 Å². The van der Waals surface area contributed by atoms with Crippen molar-refractivity contribution in [1.82, 2.24) is 15.1 Å². The summed E-state index contributed by atoms with van der Waals surface area (Å²) in [6, 6.07) is 18.4. The zero-order valence-electron chi connectivity index (χ0n) is 21.2. The van der Waals surface area contributed by atoms with Crippen molar-refractivity contribution >= 4 is 28.6 Å². The minimum absolute atomic E-state index is 0.117. The van der Waals surface area contributed by atoms with Crippen LogP contribution in [0.2, 0.25) is 0 Å². The van der Waals surface area contributed by atoms with Gasteiger partial charge in [-0.1, -0.05) is 60.7 Å². The van der Waals surface area contributed by atoms with Gasteiger partial charge in [0.05, 0.1) is 12.5 Å². The lowest BCUT2D eigenvalue weighted by atomic mass is 9.98. The third kappa shape index (κ3) is 6.83. The number of nitrogens with zero attached hydrogens (tertiary/aromatic N) is 2. The molecule has 1 aliphatic rings. The Morgan fingerprint density at radius 2 is 1.74 bits per heavy atom. The lowest BCUT2D eigenvalue weighted by Gasteiger charge is -2.44. The SMILES string of the molecule is C=CCC1CN(C(Cc2ccc3ccccc3c2)C(=O)NC(N)=O)CCN1C(=O)[CH]Cc1ccc(F)cc1. The van der Waals surface area contributed by atoms with E-state index in [1.165, 1.54) is 12.1 Å². The van der Waals surface area contributed by atoms with Crippen molar-refractivity contribution in [3.05, 3.63) is 103 Å². The number of carbonyl (C=O) groups is 3. The summed E-state index contributed by atoms with van der Waals surface area (Å²) in [5.74, 6) is -0.903. The third-order valence-corrected chi connectivity index (χ3v) is 6.89. The quantitative estimate of drug-likeness (QED) is 0.426. The second-order valence-electron chi connectivity index (χ2n) is 9.49. The Morgan fingerprint density at radius 1 is 1.03 bits per heavy atom. The molecule has 4 amide bonds. The highest BCUT2D eigenvalue weighted by molar-refractivity contribution is 5.96. The van der Waals surface area contributed by atoms with Crippen molar-refractivity contribution < 1.29 is 18.8 Å². The van der Waals surface area contributed by atoms with Crippen molar-refractivity contribution in [1.29, 1.82) is 0 Å². The van der Waals surface area contributed by atoms with Crippen molar-refractivity contribution in [2.45, 2.75) is 31.3 Å². The van der Waals surface area contributed by atoms with Crippen LogP contribution in [-0.4, -0.2) is 59.4 Å². The number of amides is 4. The topological polar surface area (TPSA) is 95.7 Å². The van der Waals surface area contributed by atoms with Crippen LogP contribution in [0.4, 0.5) is 9.18 Å². The zero-order chi connectivity index (χ0) is 27.1. The molecule has 0 aromatic heterocycles. The molecule has 0 aliphatic carbocycles. The van der Waals surface area contributed by atoms with E-state index in [4.69, 9.17) is 5.73 Å². The van der Waals surface area contributed by atoms with Crippen LogP contribution in [0.5, 0.6) is 0 Å². The highest BCUT2D eigenvalue weighted by Gasteiger charge is 2.35. The molecule has 1 fully saturated rings. The second kappa shape index (κ2) is 12.5. The van der Waals surface area contributed by atoms with Gasteiger partial charge in [-0.25, -0.2) is 9.18 Å². The lowest BCUT2D eigenvalue weighted by molar-refractivity contribution is -0.134. The minimum atomic E-state index is -0.898. The smallest absolute Gasteiger partial charge is 0.318 e. The fraction of sp³-hybridized carbons (Fsp3) is 0.267. The Balaban J connectivity index is 1.48. The Hall–Kier alpha value is -4.04. The van der Waals surface area contributed by atoms with E-state index in [0.29, 0.717) is 38.9 Å². The van der Waals surface area contributed by atoms with Crippen LogP contribution in [0.3, 0.4) is 0 Å². The number of nitrogens with two attached hydrogens (primary N) is 1. The molecule has 4 rings (SSSR count). The van der Waals surface area contributed by atoms with Crippen LogP contribution in [-0.2, 0) is 22.4 Å². The molecular formula is C30H32FN4O3. The summed E-state index contributed by atoms with van der Waals surface area (Å²) in [5, 5.41) is 4.41. The maximum Gasteiger partial charge on any atom is 0.318 e. The van der Waals surface area contributed by atoms with Gasteiger partial charge in [0.15, 0.2) is 0 Å². The van der Waals surface area contributed by atoms with E-state index in [9.17, 15) is 18.8 Å². The first-order chi connectivity index (χ1) is 18.3. The molecule has 1 saturated heterocycles. The number of benzene rings is 3. The molecule has 0 bridgehead atoms. The summed E-state index contributed by atoms with van der Waals surface area (Å²) in [6.45, 7) is 5.15. The molecule has 2 unspecified atom stereocenters. The van der Waals surface area contributed by atoms with E-state index in [2.05, 4.69) is 11.9 Å². The Bertz CT molecular complexity index is 1310. The van der Waals surface area contributed by atoms with E-state index in [-0.39, 0.29) is 17.8 Å². The summed E-state index contributed by atoms with van der Waals surface area (Å²) in [4.78, 5) is 41.5. The Kier molecular flexibility index (Phi) is 8.86. The molecule has 1 radical (unpaired) electrons. The van der Waals surface area contributed by atoms with Crippen LogP contribution >= 0.6 is 0 Å². The highest BCUT2D eigenvalue weighted by Crippen LogP contribution is 2.22. The fourth-order valence-corrected chi connectivity index (χ4v) is 4.97. The first-order valence-electron chi connectivity index (χ1n) is 12.6. The van der Waals surface area contributed by atoms with Crippen LogP contribution in [0.15, 0.2) is 79.4 Å². The molecule has 197 valence electrons. The molecule has 8 heteroatoms. The summed E-state index contributed by atoms with van der Waals surface area (Å²) in [7, 11) is 0. The summed E-state index contributed by atoms with van der Waals surface area (Å²) < 4.78 is 13.2. The number of fused-ring (bicyclic) bond motifs is 1. The van der Waals surface area contributed by atoms with Gasteiger partial charge in [-0.3, -0.25) is 19.8 Å². The molecule has 3 N–H and O–H groups in total. The zero-order valence-corrected chi connectivity index (χ0v) is 21.2. The number of carbonyl (C=O) groups excluding carboxylic acids is 3. The van der Waals surface area contributed by atoms with Crippen molar-refractivity contribution in [2.24, 2.45) is 5.73 Å². The number of rotatable bonds is 9. The Labute approximate surface area is 222 Å². The number of hydrogen-bond donors (Lipinski definition) is 2. The van der Waals surface area contributed by atoms with E-state index in [1.54, 1.807) is 29.5 Å². The normalized spacial score (nSPS) is 16.7. The van der Waals surface area contributed by atoms with Crippen LogP contribution in [0, 0.1) is 12.2 Å². The standard InChI is InChI=1S/C30H32FN4O3/c1-2-5-26-20-34(16-17-35(26)28(36)15-11-21-9-13-25(31)14-10-21)27(29(37)33-30(32)38)19-22-8-12-23-6-3-4-7-24(23)18-22/h2-4,6-10,12-15,18,26-27H,1,5,11,16-17,19-20H2,(H3,32,33,37,38). The van der Waals surface area contributed by atoms with Crippen LogP contribution in [0.25, 0.3) is 10.8 Å². The maximum atomic E-state index is 13.2. The number of primary amides is 1. The maximum absolute atomic E-state index is 13.2. The predicted molar refractivity (Wildman–Crippen MR) is 145 cm³/mol. The molecule has 2 atom stereocenters. The lowest BCUT2D eigenvalue weighted by Crippen LogP contribution is -2.61. The average Bonchev–Trinajstić information content (AvgIpc) is 2.91. The van der Waals surface area contributed by atoms with Gasteiger partial charge in [0.25, 0.3) is 0 Å². The number of urea groups is 1. The minimum Gasteiger partial charge on any atom is -0.351 e. The summed E-state index contributed by atoms with van der Waals surface area (Å²) in [5.41, 5.74) is 7.08. The van der Waals surface area contributed by atoms with E-state index < -0.39 is 18.0 Å². The van der Waals surface area contributed by atoms with Crippen LogP contribution < -0.4 is 11.1 Å². The number of piperazine rings is 1. The van der Waals surface area contributed by atoms with Crippen molar-refractivity contribution in [3.8, 4) is 0 Å². The molecule has 3 aromatic rings. The molecule has 7 nitrogen and oxygen atoms in total. The van der Waals surface area contributed by atoms with E-state index in [0.717, 1.165) is 21.9 Å². The summed E-state index contributed by atoms with van der Waals surface area (Å²) >= 11 is 0. The monoisotopic (exact) mass is 515 g/mol. The fourth-order valence-electron chi connectivity index (χ4n) is 4.97. The third-order valence-electron chi connectivity index (χ3n) is 6.89. The van der Waals surface area contributed by atoms with Gasteiger partial charge in [-0.05, 0) is 53.3 Å². The van der Waals surface area contributed by atoms with Crippen molar-refractivity contribution in [3.63, 3.8) is 0 Å². The Morgan fingerprint density at radius 3 is 2.45 bits per heavy atom. The number of halogens is 1. The molecule has 3 aromatic carbocycles. The van der Waals surface area contributed by atoms with Gasteiger partial charge in [-0.2, -0.15) is 0 Å². The molecule has 38 heavy (non-hydrogen) atoms. The largest absolute Gasteiger partial charge is 0.351 e. The number of imide groups is 1. The highest BCUT2D eigenvalue weighted by atomic mass is 19.1. The number of hydrogen-bond acceptors (Lipinski definition) is 4. The molecule has 0 spiro atoms. The van der Waals surface area contributed by atoms with Gasteiger partial charge in [0, 0.05) is 25.7 Å². The first-order valence-corrected chi connectivity index (χ1v) is 12.6. The summed E-state index contributed by atoms with van der Waals surface area (Å²) in [6.07, 6.45) is 4.69. The molecule has 1 aliphatic heterocycles. The predicted octanol–water partition coefficient (Wildman–Crippen LogP) is 3.62. The van der Waals surface area contributed by atoms with Crippen LogP contribution in [0.1, 0.15) is 17.5 Å². The van der Waals surface area contributed by atoms with Gasteiger partial charge in [-0.15, -0.1) is 6.58 Å². The first kappa shape index (κ1) is 27.0.